The third-order valence-corrected chi connectivity index (χ3v) is 5.11. The molecule has 1 amide bonds. The number of ether oxygens (including phenoxy) is 2. The first-order valence-corrected chi connectivity index (χ1v) is 9.09. The van der Waals surface area contributed by atoms with Gasteiger partial charge in [-0.2, -0.15) is 5.10 Å². The molecule has 0 saturated carbocycles. The Labute approximate surface area is 161 Å². The summed E-state index contributed by atoms with van der Waals surface area (Å²) < 4.78 is 11.9. The highest BCUT2D eigenvalue weighted by molar-refractivity contribution is 5.81. The molecule has 1 N–H and O–H groups in total. The van der Waals surface area contributed by atoms with Crippen LogP contribution in [-0.4, -0.2) is 29.9 Å². The van der Waals surface area contributed by atoms with Gasteiger partial charge in [0.05, 0.1) is 31.8 Å². The maximum absolute atomic E-state index is 12.6. The molecule has 4 rings (SSSR count). The predicted octanol–water partition coefficient (Wildman–Crippen LogP) is 2.22. The van der Waals surface area contributed by atoms with Gasteiger partial charge < -0.3 is 14.8 Å². The molecule has 0 saturated heterocycles. The van der Waals surface area contributed by atoms with Crippen LogP contribution in [0.2, 0.25) is 0 Å². The number of hydrogen-bond donors (Lipinski definition) is 1. The van der Waals surface area contributed by atoms with Crippen LogP contribution in [0.5, 0.6) is 11.5 Å². The second-order valence-electron chi connectivity index (χ2n) is 6.76. The van der Waals surface area contributed by atoms with E-state index >= 15 is 0 Å². The van der Waals surface area contributed by atoms with Crippen LogP contribution in [0.25, 0.3) is 10.8 Å². The SMILES string of the molecule is COc1cc2c(cc1OC)C(NC(=O)Cn1ncc3ccccc3c1=O)CC2. The Balaban J connectivity index is 1.53. The van der Waals surface area contributed by atoms with Gasteiger partial charge in [-0.1, -0.05) is 18.2 Å². The fourth-order valence-corrected chi connectivity index (χ4v) is 3.70. The van der Waals surface area contributed by atoms with Gasteiger partial charge in [-0.15, -0.1) is 0 Å². The maximum atomic E-state index is 12.6. The third-order valence-electron chi connectivity index (χ3n) is 5.11. The molecule has 1 aliphatic carbocycles. The van der Waals surface area contributed by atoms with Gasteiger partial charge in [-0.05, 0) is 42.2 Å². The molecule has 144 valence electrons. The number of aromatic nitrogens is 2. The van der Waals surface area contributed by atoms with E-state index in [2.05, 4.69) is 10.4 Å². The molecule has 1 atom stereocenters. The van der Waals surface area contributed by atoms with E-state index in [9.17, 15) is 9.59 Å². The van der Waals surface area contributed by atoms with Gasteiger partial charge in [0.15, 0.2) is 11.5 Å². The summed E-state index contributed by atoms with van der Waals surface area (Å²) in [5.74, 6) is 1.06. The summed E-state index contributed by atoms with van der Waals surface area (Å²) in [6, 6.07) is 10.9. The first-order chi connectivity index (χ1) is 13.6. The summed E-state index contributed by atoms with van der Waals surface area (Å²) in [4.78, 5) is 25.1. The third kappa shape index (κ3) is 3.19. The van der Waals surface area contributed by atoms with E-state index in [1.807, 2.05) is 24.3 Å². The molecule has 0 fully saturated rings. The minimum absolute atomic E-state index is 0.122. The Morgan fingerprint density at radius 2 is 1.96 bits per heavy atom. The van der Waals surface area contributed by atoms with E-state index in [4.69, 9.17) is 9.47 Å². The topological polar surface area (TPSA) is 82.4 Å². The number of methoxy groups -OCH3 is 2. The number of amides is 1. The van der Waals surface area contributed by atoms with Crippen molar-refractivity contribution in [3.8, 4) is 11.5 Å². The summed E-state index contributed by atoms with van der Waals surface area (Å²) in [5.41, 5.74) is 1.88. The lowest BCUT2D eigenvalue weighted by molar-refractivity contribution is -0.122. The number of aryl methyl sites for hydroxylation is 1. The van der Waals surface area contributed by atoms with Gasteiger partial charge in [0.1, 0.15) is 6.54 Å². The lowest BCUT2D eigenvalue weighted by Gasteiger charge is -2.16. The van der Waals surface area contributed by atoms with Crippen LogP contribution in [0, 0.1) is 0 Å². The predicted molar refractivity (Wildman–Crippen MR) is 105 cm³/mol. The fourth-order valence-electron chi connectivity index (χ4n) is 3.70. The minimum Gasteiger partial charge on any atom is -0.493 e. The van der Waals surface area contributed by atoms with E-state index in [1.165, 1.54) is 4.68 Å². The zero-order chi connectivity index (χ0) is 19.7. The molecule has 0 bridgehead atoms. The second-order valence-corrected chi connectivity index (χ2v) is 6.76. The monoisotopic (exact) mass is 379 g/mol. The van der Waals surface area contributed by atoms with Crippen molar-refractivity contribution in [1.29, 1.82) is 0 Å². The van der Waals surface area contributed by atoms with Crippen LogP contribution < -0.4 is 20.3 Å². The Kier molecular flexibility index (Phi) is 4.73. The molecule has 0 spiro atoms. The molecule has 1 heterocycles. The number of fused-ring (bicyclic) bond motifs is 2. The van der Waals surface area contributed by atoms with E-state index in [-0.39, 0.29) is 24.1 Å². The molecule has 3 aromatic rings. The smallest absolute Gasteiger partial charge is 0.275 e. The van der Waals surface area contributed by atoms with E-state index in [0.29, 0.717) is 16.9 Å². The van der Waals surface area contributed by atoms with Crippen molar-refractivity contribution in [3.05, 3.63) is 64.1 Å². The summed E-state index contributed by atoms with van der Waals surface area (Å²) >= 11 is 0. The van der Waals surface area contributed by atoms with Gasteiger partial charge in [0.2, 0.25) is 5.91 Å². The van der Waals surface area contributed by atoms with Crippen molar-refractivity contribution < 1.29 is 14.3 Å². The van der Waals surface area contributed by atoms with Gasteiger partial charge in [0, 0.05) is 5.39 Å². The van der Waals surface area contributed by atoms with Gasteiger partial charge in [-0.25, -0.2) is 4.68 Å². The highest BCUT2D eigenvalue weighted by Gasteiger charge is 2.26. The first-order valence-electron chi connectivity index (χ1n) is 9.09. The molecule has 1 aliphatic rings. The van der Waals surface area contributed by atoms with Gasteiger partial charge >= 0.3 is 0 Å². The zero-order valence-electron chi connectivity index (χ0n) is 15.8. The summed E-state index contributed by atoms with van der Waals surface area (Å²) in [7, 11) is 3.19. The summed E-state index contributed by atoms with van der Waals surface area (Å²) in [5, 5.41) is 8.44. The lowest BCUT2D eigenvalue weighted by atomic mass is 10.1. The Bertz CT molecular complexity index is 1110. The van der Waals surface area contributed by atoms with Crippen molar-refractivity contribution in [1.82, 2.24) is 15.1 Å². The number of hydrogen-bond acceptors (Lipinski definition) is 5. The first kappa shape index (κ1) is 18.0. The average molecular weight is 379 g/mol. The Morgan fingerprint density at radius 3 is 2.75 bits per heavy atom. The van der Waals surface area contributed by atoms with Crippen LogP contribution in [0.4, 0.5) is 0 Å². The van der Waals surface area contributed by atoms with E-state index < -0.39 is 0 Å². The highest BCUT2D eigenvalue weighted by Crippen LogP contribution is 2.39. The molecular weight excluding hydrogens is 358 g/mol. The molecule has 7 nitrogen and oxygen atoms in total. The van der Waals surface area contributed by atoms with Crippen molar-refractivity contribution in [2.75, 3.05) is 14.2 Å². The average Bonchev–Trinajstić information content (AvgIpc) is 3.10. The normalized spacial score (nSPS) is 15.3. The molecule has 1 aromatic heterocycles. The standard InChI is InChI=1S/C21H21N3O4/c1-27-18-9-13-7-8-17(16(13)10-19(18)28-2)23-20(25)12-24-21(26)15-6-4-3-5-14(15)11-22-24/h3-6,9-11,17H,7-8,12H2,1-2H3,(H,23,25). The van der Waals surface area contributed by atoms with Crippen molar-refractivity contribution in [2.45, 2.75) is 25.4 Å². The quantitative estimate of drug-likeness (QED) is 0.735. The minimum atomic E-state index is -0.272. The molecule has 0 aliphatic heterocycles. The van der Waals surface area contributed by atoms with E-state index in [1.54, 1.807) is 32.5 Å². The number of carbonyl (C=O) groups is 1. The Morgan fingerprint density at radius 1 is 1.21 bits per heavy atom. The van der Waals surface area contributed by atoms with Gasteiger partial charge in [0.25, 0.3) is 5.56 Å². The van der Waals surface area contributed by atoms with Crippen LogP contribution in [-0.2, 0) is 17.8 Å². The molecular formula is C21H21N3O4. The zero-order valence-corrected chi connectivity index (χ0v) is 15.8. The number of nitrogens with zero attached hydrogens (tertiary/aromatic N) is 2. The van der Waals surface area contributed by atoms with Crippen LogP contribution in [0.3, 0.4) is 0 Å². The van der Waals surface area contributed by atoms with Crippen molar-refractivity contribution >= 4 is 16.7 Å². The molecule has 0 radical (unpaired) electrons. The molecule has 28 heavy (non-hydrogen) atoms. The van der Waals surface area contributed by atoms with Crippen LogP contribution in [0.15, 0.2) is 47.4 Å². The van der Waals surface area contributed by atoms with Crippen molar-refractivity contribution in [3.63, 3.8) is 0 Å². The molecule has 1 unspecified atom stereocenters. The summed E-state index contributed by atoms with van der Waals surface area (Å²) in [6.45, 7) is -0.122. The maximum Gasteiger partial charge on any atom is 0.275 e. The number of rotatable bonds is 5. The number of nitrogens with one attached hydrogen (secondary N) is 1. The van der Waals surface area contributed by atoms with E-state index in [0.717, 1.165) is 29.4 Å². The molecule has 7 heteroatoms. The number of benzene rings is 2. The summed E-state index contributed by atoms with van der Waals surface area (Å²) in [6.07, 6.45) is 3.23. The fraction of sp³-hybridized carbons (Fsp3) is 0.286. The van der Waals surface area contributed by atoms with Gasteiger partial charge in [-0.3, -0.25) is 9.59 Å². The lowest BCUT2D eigenvalue weighted by Crippen LogP contribution is -2.35. The van der Waals surface area contributed by atoms with Crippen molar-refractivity contribution in [2.24, 2.45) is 0 Å². The van der Waals surface area contributed by atoms with Crippen LogP contribution in [0.1, 0.15) is 23.6 Å². The Hall–Kier alpha value is -3.35. The largest absolute Gasteiger partial charge is 0.493 e. The van der Waals surface area contributed by atoms with Crippen LogP contribution >= 0.6 is 0 Å². The number of carbonyl (C=O) groups excluding carboxylic acids is 1. The second kappa shape index (κ2) is 7.34. The molecule has 2 aromatic carbocycles. The highest BCUT2D eigenvalue weighted by atomic mass is 16.5.